The first-order valence-electron chi connectivity index (χ1n) is 21.2. The number of para-hydroxylation sites is 4. The van der Waals surface area contributed by atoms with Crippen molar-refractivity contribution in [1.82, 2.24) is 19.1 Å². The summed E-state index contributed by atoms with van der Waals surface area (Å²) in [5, 5.41) is 7.71. The van der Waals surface area contributed by atoms with E-state index in [0.29, 0.717) is 0 Å². The Bertz CT molecular complexity index is 3470. The SMILES string of the molecule is CC1(C)CCC(C)(C)c2cc3c(cc21)c1c2ccccc2ccc1n3-c1ccc(-c2nc3ccccc3nc2-c2ccc(-n3c4ccccc4c4ccccc43)cc2)cc1. The molecule has 1 aliphatic rings. The lowest BCUT2D eigenvalue weighted by Gasteiger charge is -2.42. The van der Waals surface area contributed by atoms with Crippen LogP contribution in [0.25, 0.3) is 99.3 Å². The molecule has 8 aromatic carbocycles. The zero-order chi connectivity index (χ0) is 40.3. The fraction of sp³-hybridized carbons (Fsp3) is 0.143. The van der Waals surface area contributed by atoms with Gasteiger partial charge < -0.3 is 9.13 Å². The van der Waals surface area contributed by atoms with Crippen LogP contribution in [0, 0.1) is 0 Å². The van der Waals surface area contributed by atoms with Gasteiger partial charge in [-0.1, -0.05) is 131 Å². The Hall–Kier alpha value is -7.04. The van der Waals surface area contributed by atoms with Crippen molar-refractivity contribution in [1.29, 1.82) is 0 Å². The van der Waals surface area contributed by atoms with E-state index in [4.69, 9.17) is 9.97 Å². The minimum absolute atomic E-state index is 0.0963. The van der Waals surface area contributed by atoms with Gasteiger partial charge in [0, 0.05) is 44.0 Å². The summed E-state index contributed by atoms with van der Waals surface area (Å²) in [5.41, 5.74) is 15.9. The number of hydrogen-bond donors (Lipinski definition) is 0. The van der Waals surface area contributed by atoms with Crippen LogP contribution in [0.2, 0.25) is 0 Å². The highest BCUT2D eigenvalue weighted by molar-refractivity contribution is 6.21. The predicted octanol–water partition coefficient (Wildman–Crippen LogP) is 14.7. The molecule has 0 unspecified atom stereocenters. The molecule has 0 saturated heterocycles. The number of rotatable bonds is 4. The third kappa shape index (κ3) is 5.16. The summed E-state index contributed by atoms with van der Waals surface area (Å²) in [6.07, 6.45) is 2.36. The molecule has 11 aromatic rings. The van der Waals surface area contributed by atoms with E-state index in [1.165, 1.54) is 78.4 Å². The zero-order valence-corrected chi connectivity index (χ0v) is 34.4. The lowest BCUT2D eigenvalue weighted by Crippen LogP contribution is -2.33. The lowest BCUT2D eigenvalue weighted by molar-refractivity contribution is 0.332. The molecule has 12 rings (SSSR count). The Kier molecular flexibility index (Phi) is 7.41. The molecule has 0 fully saturated rings. The van der Waals surface area contributed by atoms with Crippen molar-refractivity contribution in [3.05, 3.63) is 181 Å². The molecule has 0 atom stereocenters. The summed E-state index contributed by atoms with van der Waals surface area (Å²) in [4.78, 5) is 10.6. The summed E-state index contributed by atoms with van der Waals surface area (Å²) in [5.74, 6) is 0. The Morgan fingerprint density at radius 2 is 0.867 bits per heavy atom. The Morgan fingerprint density at radius 1 is 0.400 bits per heavy atom. The van der Waals surface area contributed by atoms with Crippen molar-refractivity contribution >= 4 is 65.4 Å². The molecule has 4 heteroatoms. The van der Waals surface area contributed by atoms with E-state index in [2.05, 4.69) is 195 Å². The van der Waals surface area contributed by atoms with Crippen molar-refractivity contribution < 1.29 is 0 Å². The van der Waals surface area contributed by atoms with E-state index in [9.17, 15) is 0 Å². The van der Waals surface area contributed by atoms with Crippen LogP contribution in [0.1, 0.15) is 51.7 Å². The van der Waals surface area contributed by atoms with Crippen molar-refractivity contribution in [2.45, 2.75) is 51.4 Å². The second-order valence-corrected chi connectivity index (χ2v) is 18.1. The van der Waals surface area contributed by atoms with Crippen LogP contribution in [0.5, 0.6) is 0 Å². The normalized spacial score (nSPS) is 14.8. The molecule has 3 heterocycles. The molecule has 1 aliphatic carbocycles. The van der Waals surface area contributed by atoms with Crippen LogP contribution in [0.3, 0.4) is 0 Å². The third-order valence-corrected chi connectivity index (χ3v) is 13.6. The first kappa shape index (κ1) is 35.0. The average molecular weight is 773 g/mol. The maximum atomic E-state index is 5.31. The number of hydrogen-bond acceptors (Lipinski definition) is 2. The maximum Gasteiger partial charge on any atom is 0.0973 e. The number of aromatic nitrogens is 4. The first-order valence-corrected chi connectivity index (χ1v) is 21.2. The zero-order valence-electron chi connectivity index (χ0n) is 34.4. The molecule has 288 valence electrons. The molecule has 60 heavy (non-hydrogen) atoms. The molecule has 4 nitrogen and oxygen atoms in total. The molecule has 0 spiro atoms. The Morgan fingerprint density at radius 3 is 1.43 bits per heavy atom. The van der Waals surface area contributed by atoms with Crippen LogP contribution in [0.15, 0.2) is 170 Å². The van der Waals surface area contributed by atoms with Crippen LogP contribution < -0.4 is 0 Å². The van der Waals surface area contributed by atoms with Crippen LogP contribution in [-0.4, -0.2) is 19.1 Å². The van der Waals surface area contributed by atoms with E-state index < -0.39 is 0 Å². The molecule has 3 aromatic heterocycles. The highest BCUT2D eigenvalue weighted by Gasteiger charge is 2.38. The highest BCUT2D eigenvalue weighted by Crippen LogP contribution is 2.49. The summed E-state index contributed by atoms with van der Waals surface area (Å²) < 4.78 is 4.84. The summed E-state index contributed by atoms with van der Waals surface area (Å²) in [7, 11) is 0. The van der Waals surface area contributed by atoms with E-state index in [-0.39, 0.29) is 10.8 Å². The topological polar surface area (TPSA) is 35.6 Å². The van der Waals surface area contributed by atoms with Gasteiger partial charge in [-0.15, -0.1) is 0 Å². The largest absolute Gasteiger partial charge is 0.309 e. The van der Waals surface area contributed by atoms with E-state index in [1.807, 2.05) is 12.1 Å². The van der Waals surface area contributed by atoms with Gasteiger partial charge in [0.1, 0.15) is 0 Å². The van der Waals surface area contributed by atoms with Gasteiger partial charge in [-0.05, 0) is 112 Å². The highest BCUT2D eigenvalue weighted by atomic mass is 15.0. The number of benzene rings is 8. The first-order chi connectivity index (χ1) is 29.2. The molecular weight excluding hydrogens is 729 g/mol. The minimum atomic E-state index is 0.0963. The van der Waals surface area contributed by atoms with Crippen LogP contribution in [-0.2, 0) is 10.8 Å². The van der Waals surface area contributed by atoms with Gasteiger partial charge in [-0.3, -0.25) is 0 Å². The fourth-order valence-electron chi connectivity index (χ4n) is 10.3. The quantitative estimate of drug-likeness (QED) is 0.179. The van der Waals surface area contributed by atoms with Crippen molar-refractivity contribution in [3.8, 4) is 33.9 Å². The second kappa shape index (κ2) is 12.7. The van der Waals surface area contributed by atoms with Gasteiger partial charge in [0.05, 0.1) is 44.5 Å². The minimum Gasteiger partial charge on any atom is -0.309 e. The average Bonchev–Trinajstić information content (AvgIpc) is 3.80. The van der Waals surface area contributed by atoms with Crippen LogP contribution >= 0.6 is 0 Å². The molecular formula is C56H44N4. The molecule has 0 bridgehead atoms. The lowest BCUT2D eigenvalue weighted by atomic mass is 9.63. The smallest absolute Gasteiger partial charge is 0.0973 e. The fourth-order valence-corrected chi connectivity index (χ4v) is 10.3. The van der Waals surface area contributed by atoms with Gasteiger partial charge in [-0.25, -0.2) is 9.97 Å². The Labute approximate surface area is 349 Å². The number of nitrogens with zero attached hydrogens (tertiary/aromatic N) is 4. The van der Waals surface area contributed by atoms with Crippen molar-refractivity contribution in [2.24, 2.45) is 0 Å². The number of fused-ring (bicyclic) bond motifs is 10. The van der Waals surface area contributed by atoms with Gasteiger partial charge in [-0.2, -0.15) is 0 Å². The molecule has 0 amide bonds. The second-order valence-electron chi connectivity index (χ2n) is 18.1. The van der Waals surface area contributed by atoms with Crippen molar-refractivity contribution in [2.75, 3.05) is 0 Å². The van der Waals surface area contributed by atoms with Crippen molar-refractivity contribution in [3.63, 3.8) is 0 Å². The van der Waals surface area contributed by atoms with E-state index >= 15 is 0 Å². The standard InChI is InChI=1S/C56H44N4/c1-55(2)31-32-56(3,4)45-34-51-43(33-44(45)55)52-40-14-6-5-13-35(40)25-30-50(52)60(51)39-28-23-37(24-29-39)54-53(57-46-17-9-10-18-47(46)58-54)36-21-26-38(27-22-36)59-48-19-11-7-15-41(48)42-16-8-12-20-49(42)59/h5-30,33-34H,31-32H2,1-4H3. The van der Waals surface area contributed by atoms with Gasteiger partial charge >= 0.3 is 0 Å². The molecule has 0 N–H and O–H groups in total. The summed E-state index contributed by atoms with van der Waals surface area (Å²) in [6, 6.07) is 61.8. The van der Waals surface area contributed by atoms with Gasteiger partial charge in [0.15, 0.2) is 0 Å². The monoisotopic (exact) mass is 772 g/mol. The summed E-state index contributed by atoms with van der Waals surface area (Å²) in [6.45, 7) is 9.69. The molecule has 0 aliphatic heterocycles. The molecule has 0 radical (unpaired) electrons. The van der Waals surface area contributed by atoms with Crippen LogP contribution in [0.4, 0.5) is 0 Å². The van der Waals surface area contributed by atoms with Gasteiger partial charge in [0.2, 0.25) is 0 Å². The maximum absolute atomic E-state index is 5.31. The third-order valence-electron chi connectivity index (χ3n) is 13.6. The van der Waals surface area contributed by atoms with E-state index in [0.717, 1.165) is 44.9 Å². The predicted molar refractivity (Wildman–Crippen MR) is 252 cm³/mol. The van der Waals surface area contributed by atoms with E-state index in [1.54, 1.807) is 0 Å². The van der Waals surface area contributed by atoms with Gasteiger partial charge in [0.25, 0.3) is 0 Å². The Balaban J connectivity index is 1.02. The molecule has 0 saturated carbocycles. The summed E-state index contributed by atoms with van der Waals surface area (Å²) >= 11 is 0.